The van der Waals surface area contributed by atoms with Crippen LogP contribution in [0, 0.1) is 0 Å². The molecule has 0 bridgehead atoms. The average molecular weight is 327 g/mol. The maximum Gasteiger partial charge on any atom is 0.133 e. The molecule has 0 saturated carbocycles. The first kappa shape index (κ1) is 14.8. The Balaban J connectivity index is 1.81. The van der Waals surface area contributed by atoms with E-state index in [1.165, 1.54) is 38.0 Å². The number of ether oxygens (including phenoxy) is 1. The Bertz CT molecular complexity index is 403. The van der Waals surface area contributed by atoms with Crippen molar-refractivity contribution < 1.29 is 4.74 Å². The molecule has 3 nitrogen and oxygen atoms in total. The summed E-state index contributed by atoms with van der Waals surface area (Å²) in [6.45, 7) is 6.79. The van der Waals surface area contributed by atoms with Crippen LogP contribution in [0.5, 0.6) is 5.75 Å². The fraction of sp³-hybridized carbons (Fsp3) is 0.600. The van der Waals surface area contributed by atoms with Gasteiger partial charge < -0.3 is 15.0 Å². The summed E-state index contributed by atoms with van der Waals surface area (Å²) in [4.78, 5) is 2.52. The van der Waals surface area contributed by atoms with Gasteiger partial charge in [0.15, 0.2) is 0 Å². The van der Waals surface area contributed by atoms with Gasteiger partial charge in [0.2, 0.25) is 0 Å². The normalized spacial score (nSPS) is 17.6. The monoisotopic (exact) mass is 326 g/mol. The van der Waals surface area contributed by atoms with E-state index in [1.54, 1.807) is 7.11 Å². The van der Waals surface area contributed by atoms with Crippen molar-refractivity contribution in [1.82, 2.24) is 10.2 Å². The van der Waals surface area contributed by atoms with Gasteiger partial charge in [-0.15, -0.1) is 0 Å². The van der Waals surface area contributed by atoms with Gasteiger partial charge in [0.1, 0.15) is 5.75 Å². The fourth-order valence-electron chi connectivity index (χ4n) is 2.54. The Labute approximate surface area is 124 Å². The summed E-state index contributed by atoms with van der Waals surface area (Å²) in [5.41, 5.74) is 1.30. The number of piperidine rings is 1. The van der Waals surface area contributed by atoms with Crippen LogP contribution in [0.25, 0.3) is 0 Å². The zero-order valence-corrected chi connectivity index (χ0v) is 13.4. The van der Waals surface area contributed by atoms with Gasteiger partial charge >= 0.3 is 0 Å². The second-order valence-electron chi connectivity index (χ2n) is 5.06. The molecule has 1 aromatic carbocycles. The zero-order chi connectivity index (χ0) is 13.7. The fourth-order valence-corrected chi connectivity index (χ4v) is 3.12. The Morgan fingerprint density at radius 1 is 1.37 bits per heavy atom. The Morgan fingerprint density at radius 2 is 2.11 bits per heavy atom. The molecule has 0 aliphatic carbocycles. The lowest BCUT2D eigenvalue weighted by Crippen LogP contribution is -2.42. The van der Waals surface area contributed by atoms with Crippen molar-refractivity contribution in [3.05, 3.63) is 28.2 Å². The molecule has 1 saturated heterocycles. The molecule has 1 heterocycles. The van der Waals surface area contributed by atoms with Crippen molar-refractivity contribution in [2.24, 2.45) is 0 Å². The summed E-state index contributed by atoms with van der Waals surface area (Å²) in [7, 11) is 1.69. The van der Waals surface area contributed by atoms with Gasteiger partial charge in [0, 0.05) is 12.6 Å². The van der Waals surface area contributed by atoms with E-state index in [-0.39, 0.29) is 0 Å². The van der Waals surface area contributed by atoms with Crippen molar-refractivity contribution in [1.29, 1.82) is 0 Å². The number of hydrogen-bond acceptors (Lipinski definition) is 3. The number of nitrogens with zero attached hydrogens (tertiary/aromatic N) is 1. The van der Waals surface area contributed by atoms with Crippen LogP contribution < -0.4 is 10.1 Å². The molecule has 1 fully saturated rings. The number of halogens is 1. The van der Waals surface area contributed by atoms with Crippen LogP contribution in [0.15, 0.2) is 22.7 Å². The molecule has 19 heavy (non-hydrogen) atoms. The molecule has 0 unspecified atom stereocenters. The van der Waals surface area contributed by atoms with E-state index in [0.717, 1.165) is 16.8 Å². The standard InChI is InChI=1S/C15H23BrN2O/c1-3-18-8-6-13(7-9-18)17-11-12-4-5-15(19-2)14(16)10-12/h4-5,10,13,17H,3,6-9,11H2,1-2H3. The summed E-state index contributed by atoms with van der Waals surface area (Å²) in [5, 5.41) is 3.66. The SMILES string of the molecule is CCN1CCC(NCc2ccc(OC)c(Br)c2)CC1. The number of benzene rings is 1. The van der Waals surface area contributed by atoms with E-state index in [9.17, 15) is 0 Å². The molecule has 106 valence electrons. The quantitative estimate of drug-likeness (QED) is 0.900. The van der Waals surface area contributed by atoms with E-state index >= 15 is 0 Å². The van der Waals surface area contributed by atoms with Gasteiger partial charge in [-0.1, -0.05) is 13.0 Å². The number of nitrogens with one attached hydrogen (secondary N) is 1. The van der Waals surface area contributed by atoms with Gasteiger partial charge in [-0.05, 0) is 66.1 Å². The van der Waals surface area contributed by atoms with Crippen LogP contribution in [0.2, 0.25) is 0 Å². The van der Waals surface area contributed by atoms with E-state index in [1.807, 2.05) is 6.07 Å². The molecular formula is C15H23BrN2O. The van der Waals surface area contributed by atoms with Gasteiger partial charge in [0.25, 0.3) is 0 Å². The minimum atomic E-state index is 0.656. The van der Waals surface area contributed by atoms with Crippen molar-refractivity contribution in [2.75, 3.05) is 26.7 Å². The predicted molar refractivity (Wildman–Crippen MR) is 82.7 cm³/mol. The zero-order valence-electron chi connectivity index (χ0n) is 11.8. The summed E-state index contributed by atoms with van der Waals surface area (Å²) in [6.07, 6.45) is 2.51. The number of methoxy groups -OCH3 is 1. The highest BCUT2D eigenvalue weighted by Gasteiger charge is 2.17. The van der Waals surface area contributed by atoms with Gasteiger partial charge in [-0.2, -0.15) is 0 Å². The van der Waals surface area contributed by atoms with E-state index in [0.29, 0.717) is 6.04 Å². The number of likely N-dealkylation sites (tertiary alicyclic amines) is 1. The highest BCUT2D eigenvalue weighted by atomic mass is 79.9. The van der Waals surface area contributed by atoms with Crippen LogP contribution in [0.1, 0.15) is 25.3 Å². The van der Waals surface area contributed by atoms with E-state index < -0.39 is 0 Å². The molecule has 4 heteroatoms. The summed E-state index contributed by atoms with van der Waals surface area (Å²) in [6, 6.07) is 6.93. The van der Waals surface area contributed by atoms with Crippen LogP contribution in [0.4, 0.5) is 0 Å². The molecule has 1 aliphatic heterocycles. The largest absolute Gasteiger partial charge is 0.496 e. The third kappa shape index (κ3) is 4.20. The molecular weight excluding hydrogens is 304 g/mol. The van der Waals surface area contributed by atoms with E-state index in [4.69, 9.17) is 4.74 Å². The first-order valence-electron chi connectivity index (χ1n) is 7.01. The van der Waals surface area contributed by atoms with E-state index in [2.05, 4.69) is 45.2 Å². The summed E-state index contributed by atoms with van der Waals surface area (Å²) < 4.78 is 6.27. The molecule has 0 amide bonds. The van der Waals surface area contributed by atoms with Crippen molar-refractivity contribution in [2.45, 2.75) is 32.4 Å². The number of rotatable bonds is 5. The molecule has 1 aromatic rings. The third-order valence-electron chi connectivity index (χ3n) is 3.85. The second-order valence-corrected chi connectivity index (χ2v) is 5.91. The first-order valence-corrected chi connectivity index (χ1v) is 7.80. The van der Waals surface area contributed by atoms with Crippen LogP contribution in [0.3, 0.4) is 0 Å². The number of hydrogen-bond donors (Lipinski definition) is 1. The Hall–Kier alpha value is -0.580. The molecule has 0 radical (unpaired) electrons. The molecule has 0 spiro atoms. The Morgan fingerprint density at radius 3 is 2.68 bits per heavy atom. The van der Waals surface area contributed by atoms with Gasteiger partial charge in [-0.25, -0.2) is 0 Å². The van der Waals surface area contributed by atoms with Crippen molar-refractivity contribution in [3.8, 4) is 5.75 Å². The molecule has 1 N–H and O–H groups in total. The maximum atomic E-state index is 5.25. The second kappa shape index (κ2) is 7.27. The minimum absolute atomic E-state index is 0.656. The van der Waals surface area contributed by atoms with Crippen LogP contribution in [-0.2, 0) is 6.54 Å². The average Bonchev–Trinajstić information content (AvgIpc) is 2.46. The maximum absolute atomic E-state index is 5.25. The summed E-state index contributed by atoms with van der Waals surface area (Å²) in [5.74, 6) is 0.889. The smallest absolute Gasteiger partial charge is 0.133 e. The summed E-state index contributed by atoms with van der Waals surface area (Å²) >= 11 is 3.53. The highest BCUT2D eigenvalue weighted by molar-refractivity contribution is 9.10. The topological polar surface area (TPSA) is 24.5 Å². The van der Waals surface area contributed by atoms with Crippen LogP contribution >= 0.6 is 15.9 Å². The minimum Gasteiger partial charge on any atom is -0.496 e. The lowest BCUT2D eigenvalue weighted by atomic mass is 10.0. The third-order valence-corrected chi connectivity index (χ3v) is 4.47. The lowest BCUT2D eigenvalue weighted by molar-refractivity contribution is 0.206. The van der Waals surface area contributed by atoms with Gasteiger partial charge in [-0.3, -0.25) is 0 Å². The lowest BCUT2D eigenvalue weighted by Gasteiger charge is -2.31. The van der Waals surface area contributed by atoms with Crippen molar-refractivity contribution in [3.63, 3.8) is 0 Å². The van der Waals surface area contributed by atoms with Gasteiger partial charge in [0.05, 0.1) is 11.6 Å². The molecule has 0 aromatic heterocycles. The highest BCUT2D eigenvalue weighted by Crippen LogP contribution is 2.25. The van der Waals surface area contributed by atoms with Crippen LogP contribution in [-0.4, -0.2) is 37.7 Å². The van der Waals surface area contributed by atoms with Crippen molar-refractivity contribution >= 4 is 15.9 Å². The predicted octanol–water partition coefficient (Wildman–Crippen LogP) is 3.03. The molecule has 1 aliphatic rings. The molecule has 2 rings (SSSR count). The molecule has 0 atom stereocenters. The Kier molecular flexibility index (Phi) is 5.67. The first-order chi connectivity index (χ1) is 9.22.